The number of hydrogen-bond acceptors (Lipinski definition) is 7. The fraction of sp³-hybridized carbons (Fsp3) is 0.280. The molecule has 0 bridgehead atoms. The molecule has 0 saturated carbocycles. The number of benzene rings is 2. The van der Waals surface area contributed by atoms with Crippen molar-refractivity contribution in [3.8, 4) is 17.0 Å². The second-order valence-electron chi connectivity index (χ2n) is 8.03. The molecule has 1 aromatic heterocycles. The first-order valence-corrected chi connectivity index (χ1v) is 11.5. The number of methoxy groups -OCH3 is 1. The molecule has 4 rings (SSSR count). The minimum Gasteiger partial charge on any atom is -0.497 e. The molecule has 1 aliphatic rings. The van der Waals surface area contributed by atoms with Crippen molar-refractivity contribution in [2.45, 2.75) is 19.5 Å². The molecule has 3 aromatic rings. The van der Waals surface area contributed by atoms with Gasteiger partial charge in [-0.05, 0) is 36.2 Å². The van der Waals surface area contributed by atoms with Gasteiger partial charge in [-0.15, -0.1) is 0 Å². The van der Waals surface area contributed by atoms with Crippen LogP contribution in [0.5, 0.6) is 5.75 Å². The summed E-state index contributed by atoms with van der Waals surface area (Å²) in [6.45, 7) is 2.49. The number of halogens is 1. The number of hydrogen-bond donors (Lipinski definition) is 3. The lowest BCUT2D eigenvalue weighted by Crippen LogP contribution is -2.40. The number of nitrogens with zero attached hydrogens (tertiary/aromatic N) is 3. The monoisotopic (exact) mass is 495 g/mol. The third-order valence-corrected chi connectivity index (χ3v) is 5.97. The summed E-state index contributed by atoms with van der Waals surface area (Å²) in [6.07, 6.45) is 1.52. The maximum atomic E-state index is 13.1. The number of nitrogens with one attached hydrogen (secondary N) is 2. The lowest BCUT2D eigenvalue weighted by Gasteiger charge is -2.20. The summed E-state index contributed by atoms with van der Waals surface area (Å²) in [4.78, 5) is 35.9. The highest BCUT2D eigenvalue weighted by Crippen LogP contribution is 2.31. The highest BCUT2D eigenvalue weighted by molar-refractivity contribution is 6.33. The Bertz CT molecular complexity index is 1250. The second-order valence-corrected chi connectivity index (χ2v) is 8.44. The van der Waals surface area contributed by atoms with E-state index in [1.54, 1.807) is 37.4 Å². The molecule has 182 valence electrons. The Kier molecular flexibility index (Phi) is 7.48. The quantitative estimate of drug-likeness (QED) is 0.417. The summed E-state index contributed by atoms with van der Waals surface area (Å²) in [5.41, 5.74) is 3.23. The van der Waals surface area contributed by atoms with Crippen molar-refractivity contribution in [3.63, 3.8) is 0 Å². The van der Waals surface area contributed by atoms with Crippen molar-refractivity contribution in [2.24, 2.45) is 0 Å². The summed E-state index contributed by atoms with van der Waals surface area (Å²) in [5, 5.41) is 16.0. The molecular formula is C25H26ClN5O4. The van der Waals surface area contributed by atoms with Crippen molar-refractivity contribution in [2.75, 3.05) is 32.1 Å². The minimum absolute atomic E-state index is 0.137. The molecule has 10 heteroatoms. The van der Waals surface area contributed by atoms with E-state index < -0.39 is 6.04 Å². The molecule has 2 aromatic carbocycles. The molecule has 2 heterocycles. The van der Waals surface area contributed by atoms with E-state index >= 15 is 0 Å². The van der Waals surface area contributed by atoms with Gasteiger partial charge in [0.15, 0.2) is 0 Å². The molecule has 9 nitrogen and oxygen atoms in total. The second kappa shape index (κ2) is 10.7. The first-order valence-electron chi connectivity index (χ1n) is 11.2. The van der Waals surface area contributed by atoms with E-state index in [1.165, 1.54) is 11.1 Å². The van der Waals surface area contributed by atoms with Gasteiger partial charge in [0.1, 0.15) is 12.3 Å². The van der Waals surface area contributed by atoms with Crippen molar-refractivity contribution >= 4 is 29.4 Å². The molecule has 3 N–H and O–H groups in total. The van der Waals surface area contributed by atoms with Crippen molar-refractivity contribution in [1.82, 2.24) is 20.2 Å². The molecule has 0 saturated heterocycles. The van der Waals surface area contributed by atoms with Gasteiger partial charge in [-0.3, -0.25) is 9.59 Å². The number of fused-ring (bicyclic) bond motifs is 1. The summed E-state index contributed by atoms with van der Waals surface area (Å²) in [7, 11) is 1.55. The van der Waals surface area contributed by atoms with Crippen LogP contribution in [0.3, 0.4) is 0 Å². The average molecular weight is 496 g/mol. The van der Waals surface area contributed by atoms with Crippen LogP contribution in [0.2, 0.25) is 5.02 Å². The fourth-order valence-corrected chi connectivity index (χ4v) is 4.16. The zero-order valence-corrected chi connectivity index (χ0v) is 20.2. The zero-order valence-electron chi connectivity index (χ0n) is 19.4. The Balaban J connectivity index is 1.47. The number of aliphatic hydroxyl groups excluding tert-OH is 1. The highest BCUT2D eigenvalue weighted by Gasteiger charge is 2.30. The van der Waals surface area contributed by atoms with E-state index in [4.69, 9.17) is 16.3 Å². The van der Waals surface area contributed by atoms with Gasteiger partial charge < -0.3 is 25.4 Å². The number of carbonyl (C=O) groups excluding carboxylic acids is 2. The topological polar surface area (TPSA) is 117 Å². The Hall–Kier alpha value is -3.69. The summed E-state index contributed by atoms with van der Waals surface area (Å²) in [6, 6.07) is 11.9. The number of carbonyl (C=O) groups is 2. The van der Waals surface area contributed by atoms with Crippen LogP contribution in [0.4, 0.5) is 5.95 Å². The number of anilines is 1. The molecule has 0 fully saturated rings. The maximum absolute atomic E-state index is 13.1. The molecule has 2 amide bonds. The fourth-order valence-electron chi connectivity index (χ4n) is 3.96. The van der Waals surface area contributed by atoms with Crippen LogP contribution < -0.4 is 15.4 Å². The summed E-state index contributed by atoms with van der Waals surface area (Å²) >= 11 is 6.32. The lowest BCUT2D eigenvalue weighted by molar-refractivity contribution is -0.122. The number of aliphatic hydroxyl groups is 1. The molecular weight excluding hydrogens is 470 g/mol. The van der Waals surface area contributed by atoms with Crippen LogP contribution >= 0.6 is 11.6 Å². The number of ether oxygens (including phenoxy) is 1. The third kappa shape index (κ3) is 5.36. The number of rotatable bonds is 9. The molecule has 35 heavy (non-hydrogen) atoms. The van der Waals surface area contributed by atoms with Crippen molar-refractivity contribution < 1.29 is 19.4 Å². The van der Waals surface area contributed by atoms with Gasteiger partial charge in [0.2, 0.25) is 11.9 Å². The SMILES string of the molecule is CCNc1ncc(Cl)c(-c2ccc3c(c2)C(=O)N(CC(=O)N[C@H](CO)c2cccc(OC)c2)C3)n1. The van der Waals surface area contributed by atoms with Crippen LogP contribution in [0.15, 0.2) is 48.7 Å². The van der Waals surface area contributed by atoms with Gasteiger partial charge in [0.25, 0.3) is 5.91 Å². The lowest BCUT2D eigenvalue weighted by atomic mass is 10.0. The molecule has 0 aliphatic carbocycles. The van der Waals surface area contributed by atoms with Crippen molar-refractivity contribution in [1.29, 1.82) is 0 Å². The number of amides is 2. The third-order valence-electron chi connectivity index (χ3n) is 5.69. The molecule has 0 spiro atoms. The zero-order chi connectivity index (χ0) is 24.9. The Morgan fingerprint density at radius 2 is 2.11 bits per heavy atom. The van der Waals surface area contributed by atoms with Crippen LogP contribution in [0.1, 0.15) is 34.5 Å². The van der Waals surface area contributed by atoms with Crippen molar-refractivity contribution in [3.05, 3.63) is 70.4 Å². The molecule has 1 aliphatic heterocycles. The first kappa shape index (κ1) is 24.4. The van der Waals surface area contributed by atoms with Crippen LogP contribution in [0, 0.1) is 0 Å². The first-order chi connectivity index (χ1) is 16.9. The predicted molar refractivity (Wildman–Crippen MR) is 132 cm³/mol. The average Bonchev–Trinajstić information content (AvgIpc) is 3.18. The van der Waals surface area contributed by atoms with Crippen LogP contribution in [0.25, 0.3) is 11.3 Å². The smallest absolute Gasteiger partial charge is 0.254 e. The standard InChI is InChI=1S/C25H26ClN5O4/c1-3-27-25-28-11-20(26)23(30-25)16-7-8-17-12-31(24(34)19(17)10-16)13-22(33)29-21(14-32)15-5-4-6-18(9-15)35-2/h4-11,21,32H,3,12-14H2,1-2H3,(H,29,33)(H,27,28,30)/t21-/m1/s1. The van der Waals surface area contributed by atoms with E-state index in [0.29, 0.717) is 52.2 Å². The van der Waals surface area contributed by atoms with Gasteiger partial charge in [-0.2, -0.15) is 0 Å². The Morgan fingerprint density at radius 1 is 1.29 bits per heavy atom. The summed E-state index contributed by atoms with van der Waals surface area (Å²) in [5.74, 6) is 0.447. The van der Waals surface area contributed by atoms with Gasteiger partial charge >= 0.3 is 0 Å². The van der Waals surface area contributed by atoms with Crippen LogP contribution in [-0.4, -0.2) is 58.6 Å². The van der Waals surface area contributed by atoms with Gasteiger partial charge in [0, 0.05) is 24.2 Å². The largest absolute Gasteiger partial charge is 0.497 e. The van der Waals surface area contributed by atoms with Gasteiger partial charge in [-0.1, -0.05) is 35.9 Å². The Morgan fingerprint density at radius 3 is 2.86 bits per heavy atom. The minimum atomic E-state index is -0.616. The van der Waals surface area contributed by atoms with Gasteiger partial charge in [0.05, 0.1) is 36.7 Å². The highest BCUT2D eigenvalue weighted by atomic mass is 35.5. The normalized spacial score (nSPS) is 13.4. The molecule has 1 atom stereocenters. The van der Waals surface area contributed by atoms with E-state index in [0.717, 1.165) is 5.56 Å². The van der Waals surface area contributed by atoms with E-state index in [1.807, 2.05) is 19.1 Å². The summed E-state index contributed by atoms with van der Waals surface area (Å²) < 4.78 is 5.21. The van der Waals surface area contributed by atoms with E-state index in [-0.39, 0.29) is 25.0 Å². The number of aromatic nitrogens is 2. The maximum Gasteiger partial charge on any atom is 0.254 e. The predicted octanol–water partition coefficient (Wildman–Crippen LogP) is 3.04. The van der Waals surface area contributed by atoms with E-state index in [2.05, 4.69) is 20.6 Å². The van der Waals surface area contributed by atoms with Gasteiger partial charge in [-0.25, -0.2) is 9.97 Å². The molecule has 0 radical (unpaired) electrons. The Labute approximate surface area is 208 Å². The van der Waals surface area contributed by atoms with E-state index in [9.17, 15) is 14.7 Å². The van der Waals surface area contributed by atoms with Crippen LogP contribution in [-0.2, 0) is 11.3 Å². The molecule has 0 unspecified atom stereocenters.